The molecule has 1 aromatic heterocycles. The molecule has 0 amide bonds. The number of nitrogens with one attached hydrogen (secondary N) is 1. The summed E-state index contributed by atoms with van der Waals surface area (Å²) in [5.74, 6) is 0.366. The van der Waals surface area contributed by atoms with Crippen molar-refractivity contribution in [3.05, 3.63) is 41.6 Å². The van der Waals surface area contributed by atoms with Gasteiger partial charge in [0.15, 0.2) is 0 Å². The highest BCUT2D eigenvalue weighted by Gasteiger charge is 2.24. The van der Waals surface area contributed by atoms with E-state index in [2.05, 4.69) is 16.5 Å². The summed E-state index contributed by atoms with van der Waals surface area (Å²) in [5.41, 5.74) is 3.74. The van der Waals surface area contributed by atoms with Crippen molar-refractivity contribution in [1.82, 2.24) is 15.1 Å². The van der Waals surface area contributed by atoms with Crippen LogP contribution in [0.3, 0.4) is 0 Å². The Morgan fingerprint density at radius 2 is 2.13 bits per heavy atom. The quantitative estimate of drug-likeness (QED) is 0.888. The van der Waals surface area contributed by atoms with Crippen molar-refractivity contribution in [3.8, 4) is 17.3 Å². The van der Waals surface area contributed by atoms with Gasteiger partial charge in [0.25, 0.3) is 0 Å². The summed E-state index contributed by atoms with van der Waals surface area (Å²) in [6.07, 6.45) is 5.01. The molecule has 0 bridgehead atoms. The predicted molar refractivity (Wildman–Crippen MR) is 88.4 cm³/mol. The molecular weight excluding hydrogens is 288 g/mol. The molecule has 2 aromatic rings. The number of aliphatic hydroxyl groups excluding tert-OH is 1. The van der Waals surface area contributed by atoms with Crippen LogP contribution in [0.15, 0.2) is 30.5 Å². The zero-order chi connectivity index (χ0) is 16.2. The van der Waals surface area contributed by atoms with Crippen LogP contribution >= 0.6 is 0 Å². The lowest BCUT2D eigenvalue weighted by Crippen LogP contribution is -2.27. The van der Waals surface area contributed by atoms with Gasteiger partial charge in [0.2, 0.25) is 0 Å². The Morgan fingerprint density at radius 1 is 1.35 bits per heavy atom. The highest BCUT2D eigenvalue weighted by molar-refractivity contribution is 5.63. The smallest absolute Gasteiger partial charge is 0.0991 e. The monoisotopic (exact) mass is 310 g/mol. The van der Waals surface area contributed by atoms with Gasteiger partial charge in [-0.05, 0) is 30.9 Å². The Hall–Kier alpha value is -2.16. The molecule has 0 saturated heterocycles. The SMILES string of the molecule is Cn1cc(CNCC2CCCC2O)c(-c2ccc(C#N)cc2)n1. The third-order valence-electron chi connectivity index (χ3n) is 4.53. The van der Waals surface area contributed by atoms with Crippen LogP contribution < -0.4 is 5.32 Å². The lowest BCUT2D eigenvalue weighted by atomic mass is 10.0. The minimum atomic E-state index is -0.158. The van der Waals surface area contributed by atoms with Crippen LogP contribution in [0.2, 0.25) is 0 Å². The van der Waals surface area contributed by atoms with E-state index in [0.29, 0.717) is 11.5 Å². The first-order valence-electron chi connectivity index (χ1n) is 8.09. The van der Waals surface area contributed by atoms with Crippen LogP contribution in [0, 0.1) is 17.2 Å². The van der Waals surface area contributed by atoms with E-state index in [1.165, 1.54) is 0 Å². The molecule has 1 heterocycles. The van der Waals surface area contributed by atoms with Gasteiger partial charge in [0.05, 0.1) is 23.4 Å². The minimum absolute atomic E-state index is 0.158. The third-order valence-corrected chi connectivity index (χ3v) is 4.53. The molecule has 2 unspecified atom stereocenters. The Bertz CT molecular complexity index is 699. The zero-order valence-electron chi connectivity index (χ0n) is 13.4. The molecule has 1 aromatic carbocycles. The first kappa shape index (κ1) is 15.7. The van der Waals surface area contributed by atoms with Gasteiger partial charge in [-0.1, -0.05) is 18.6 Å². The van der Waals surface area contributed by atoms with Crippen LogP contribution in [0.25, 0.3) is 11.3 Å². The average molecular weight is 310 g/mol. The number of hydrogen-bond donors (Lipinski definition) is 2. The summed E-state index contributed by atoms with van der Waals surface area (Å²) in [4.78, 5) is 0. The van der Waals surface area contributed by atoms with Gasteiger partial charge in [-0.15, -0.1) is 0 Å². The molecule has 0 aliphatic heterocycles. The molecule has 0 radical (unpaired) electrons. The van der Waals surface area contributed by atoms with Gasteiger partial charge >= 0.3 is 0 Å². The van der Waals surface area contributed by atoms with E-state index < -0.39 is 0 Å². The number of hydrogen-bond acceptors (Lipinski definition) is 4. The third kappa shape index (κ3) is 3.61. The summed E-state index contributed by atoms with van der Waals surface area (Å²) in [6.45, 7) is 1.56. The van der Waals surface area contributed by atoms with Gasteiger partial charge in [-0.25, -0.2) is 0 Å². The Morgan fingerprint density at radius 3 is 2.78 bits per heavy atom. The van der Waals surface area contributed by atoms with E-state index in [0.717, 1.165) is 49.2 Å². The molecule has 1 aliphatic rings. The van der Waals surface area contributed by atoms with Gasteiger partial charge in [0, 0.05) is 37.5 Å². The van der Waals surface area contributed by atoms with E-state index in [1.54, 1.807) is 0 Å². The summed E-state index contributed by atoms with van der Waals surface area (Å²) in [7, 11) is 1.91. The molecule has 0 spiro atoms. The maximum atomic E-state index is 9.89. The van der Waals surface area contributed by atoms with Crippen molar-refractivity contribution < 1.29 is 5.11 Å². The fourth-order valence-corrected chi connectivity index (χ4v) is 3.26. The van der Waals surface area contributed by atoms with E-state index in [1.807, 2.05) is 42.2 Å². The van der Waals surface area contributed by atoms with Crippen molar-refractivity contribution in [2.45, 2.75) is 31.9 Å². The maximum absolute atomic E-state index is 9.89. The first-order valence-corrected chi connectivity index (χ1v) is 8.09. The van der Waals surface area contributed by atoms with Crippen LogP contribution in [-0.4, -0.2) is 27.5 Å². The molecule has 1 aliphatic carbocycles. The molecule has 23 heavy (non-hydrogen) atoms. The Balaban J connectivity index is 1.68. The first-order chi connectivity index (χ1) is 11.2. The van der Waals surface area contributed by atoms with Crippen molar-refractivity contribution in [1.29, 1.82) is 5.26 Å². The number of nitrogens with zero attached hydrogens (tertiary/aromatic N) is 3. The highest BCUT2D eigenvalue weighted by atomic mass is 16.3. The predicted octanol–water partition coefficient (Wildman–Crippen LogP) is 2.21. The van der Waals surface area contributed by atoms with Crippen LogP contribution in [0.4, 0.5) is 0 Å². The Kier molecular flexibility index (Phi) is 4.75. The second-order valence-corrected chi connectivity index (χ2v) is 6.25. The maximum Gasteiger partial charge on any atom is 0.0991 e. The standard InChI is InChI=1S/C18H22N4O/c1-22-12-16(11-20-10-15-3-2-4-17(15)23)18(21-22)14-7-5-13(9-19)6-8-14/h5-8,12,15,17,20,23H,2-4,10-11H2,1H3. The van der Waals surface area contributed by atoms with Gasteiger partial charge in [-0.2, -0.15) is 10.4 Å². The topological polar surface area (TPSA) is 73.9 Å². The molecule has 2 N–H and O–H groups in total. The molecule has 1 fully saturated rings. The second-order valence-electron chi connectivity index (χ2n) is 6.25. The molecular formula is C18H22N4O. The summed E-state index contributed by atoms with van der Waals surface area (Å²) < 4.78 is 1.81. The number of aliphatic hydroxyl groups is 1. The second kappa shape index (κ2) is 6.95. The molecule has 2 atom stereocenters. The fraction of sp³-hybridized carbons (Fsp3) is 0.444. The molecule has 5 heteroatoms. The number of rotatable bonds is 5. The van der Waals surface area contributed by atoms with Crippen molar-refractivity contribution in [2.24, 2.45) is 13.0 Å². The van der Waals surface area contributed by atoms with E-state index >= 15 is 0 Å². The van der Waals surface area contributed by atoms with E-state index in [9.17, 15) is 5.11 Å². The van der Waals surface area contributed by atoms with Gasteiger partial charge in [0.1, 0.15) is 0 Å². The summed E-state index contributed by atoms with van der Waals surface area (Å²) in [6, 6.07) is 9.64. The lowest BCUT2D eigenvalue weighted by Gasteiger charge is -2.15. The van der Waals surface area contributed by atoms with E-state index in [4.69, 9.17) is 5.26 Å². The van der Waals surface area contributed by atoms with Crippen molar-refractivity contribution in [3.63, 3.8) is 0 Å². The zero-order valence-corrected chi connectivity index (χ0v) is 13.4. The fourth-order valence-electron chi connectivity index (χ4n) is 3.26. The van der Waals surface area contributed by atoms with Crippen LogP contribution in [-0.2, 0) is 13.6 Å². The normalized spacial score (nSPS) is 20.6. The number of nitriles is 1. The molecule has 1 saturated carbocycles. The number of aryl methyl sites for hydroxylation is 1. The average Bonchev–Trinajstić information content (AvgIpc) is 3.13. The molecule has 3 rings (SSSR count). The van der Waals surface area contributed by atoms with Gasteiger partial charge < -0.3 is 10.4 Å². The lowest BCUT2D eigenvalue weighted by molar-refractivity contribution is 0.131. The van der Waals surface area contributed by atoms with Crippen LogP contribution in [0.5, 0.6) is 0 Å². The van der Waals surface area contributed by atoms with Crippen molar-refractivity contribution in [2.75, 3.05) is 6.54 Å². The summed E-state index contributed by atoms with van der Waals surface area (Å²) in [5, 5.41) is 26.8. The molecule has 120 valence electrons. The highest BCUT2D eigenvalue weighted by Crippen LogP contribution is 2.25. The largest absolute Gasteiger partial charge is 0.393 e. The summed E-state index contributed by atoms with van der Waals surface area (Å²) >= 11 is 0. The molecule has 5 nitrogen and oxygen atoms in total. The van der Waals surface area contributed by atoms with Crippen LogP contribution in [0.1, 0.15) is 30.4 Å². The Labute approximate surface area is 136 Å². The number of benzene rings is 1. The number of aromatic nitrogens is 2. The minimum Gasteiger partial charge on any atom is -0.393 e. The van der Waals surface area contributed by atoms with E-state index in [-0.39, 0.29) is 6.10 Å². The van der Waals surface area contributed by atoms with Gasteiger partial charge in [-0.3, -0.25) is 4.68 Å². The van der Waals surface area contributed by atoms with Crippen molar-refractivity contribution >= 4 is 0 Å².